The third-order valence-electron chi connectivity index (χ3n) is 5.40. The minimum atomic E-state index is 0.295. The molecule has 3 N–H and O–H groups in total. The first kappa shape index (κ1) is 14.3. The first-order valence-corrected chi connectivity index (χ1v) is 8.40. The Balaban J connectivity index is 1.21. The first-order chi connectivity index (χ1) is 9.75. The van der Waals surface area contributed by atoms with Gasteiger partial charge in [-0.1, -0.05) is 6.42 Å². The van der Waals surface area contributed by atoms with Gasteiger partial charge in [0, 0.05) is 25.1 Å². The molecule has 4 nitrogen and oxygen atoms in total. The number of amides is 1. The topological polar surface area (TPSA) is 64.3 Å². The molecule has 3 aliphatic carbocycles. The summed E-state index contributed by atoms with van der Waals surface area (Å²) in [4.78, 5) is 12.0. The van der Waals surface area contributed by atoms with E-state index in [9.17, 15) is 4.79 Å². The van der Waals surface area contributed by atoms with Crippen LogP contribution in [0.5, 0.6) is 0 Å². The highest BCUT2D eigenvalue weighted by atomic mass is 16.5. The molecule has 0 saturated heterocycles. The quantitative estimate of drug-likeness (QED) is 0.730. The van der Waals surface area contributed by atoms with Gasteiger partial charge in [0.05, 0.1) is 6.10 Å². The van der Waals surface area contributed by atoms with Crippen LogP contribution >= 0.6 is 0 Å². The second-order valence-electron chi connectivity index (χ2n) is 6.84. The smallest absolute Gasteiger partial charge is 0.223 e. The van der Waals surface area contributed by atoms with Gasteiger partial charge in [-0.05, 0) is 56.8 Å². The lowest BCUT2D eigenvalue weighted by atomic mass is 9.94. The second kappa shape index (κ2) is 6.44. The summed E-state index contributed by atoms with van der Waals surface area (Å²) < 4.78 is 5.86. The Kier molecular flexibility index (Phi) is 4.61. The van der Waals surface area contributed by atoms with E-state index in [1.165, 1.54) is 19.3 Å². The number of carbonyl (C=O) groups excluding carboxylic acids is 1. The molecule has 3 fully saturated rings. The van der Waals surface area contributed by atoms with Crippen LogP contribution in [0.4, 0.5) is 0 Å². The van der Waals surface area contributed by atoms with E-state index in [1.807, 2.05) is 0 Å². The molecule has 2 unspecified atom stereocenters. The van der Waals surface area contributed by atoms with Crippen LogP contribution in [0.25, 0.3) is 0 Å². The standard InChI is InChI=1S/C16H28N2O2/c17-11-5-7-12(8-6-11)20-10-2-9-18-16(19)15-13-3-1-4-14(13)15/h11-15H,1-10,17H2,(H,18,19). The zero-order valence-electron chi connectivity index (χ0n) is 12.4. The summed E-state index contributed by atoms with van der Waals surface area (Å²) in [6, 6.07) is 0.382. The summed E-state index contributed by atoms with van der Waals surface area (Å²) in [7, 11) is 0. The van der Waals surface area contributed by atoms with Crippen molar-refractivity contribution in [3.63, 3.8) is 0 Å². The van der Waals surface area contributed by atoms with E-state index in [1.54, 1.807) is 0 Å². The number of nitrogens with two attached hydrogens (primary N) is 1. The number of hydrogen-bond acceptors (Lipinski definition) is 3. The van der Waals surface area contributed by atoms with Crippen molar-refractivity contribution in [2.24, 2.45) is 23.5 Å². The van der Waals surface area contributed by atoms with E-state index in [-0.39, 0.29) is 0 Å². The van der Waals surface area contributed by atoms with E-state index >= 15 is 0 Å². The number of rotatable bonds is 6. The number of hydrogen-bond donors (Lipinski definition) is 2. The van der Waals surface area contributed by atoms with Gasteiger partial charge in [0.15, 0.2) is 0 Å². The van der Waals surface area contributed by atoms with Crippen LogP contribution in [0.15, 0.2) is 0 Å². The molecule has 0 aromatic carbocycles. The van der Waals surface area contributed by atoms with Gasteiger partial charge in [-0.3, -0.25) is 4.79 Å². The number of nitrogens with one attached hydrogen (secondary N) is 1. The van der Waals surface area contributed by atoms with Crippen molar-refractivity contribution in [2.75, 3.05) is 13.2 Å². The van der Waals surface area contributed by atoms with Crippen LogP contribution in [-0.2, 0) is 9.53 Å². The maximum absolute atomic E-state index is 12.0. The predicted molar refractivity (Wildman–Crippen MR) is 78.1 cm³/mol. The minimum Gasteiger partial charge on any atom is -0.378 e. The Morgan fingerprint density at radius 3 is 2.50 bits per heavy atom. The van der Waals surface area contributed by atoms with Gasteiger partial charge < -0.3 is 15.8 Å². The van der Waals surface area contributed by atoms with Crippen LogP contribution < -0.4 is 11.1 Å². The van der Waals surface area contributed by atoms with Gasteiger partial charge in [-0.15, -0.1) is 0 Å². The highest BCUT2D eigenvalue weighted by molar-refractivity contribution is 5.82. The summed E-state index contributed by atoms with van der Waals surface area (Å²) in [6.45, 7) is 1.53. The fraction of sp³-hybridized carbons (Fsp3) is 0.938. The molecule has 4 heteroatoms. The zero-order chi connectivity index (χ0) is 13.9. The van der Waals surface area contributed by atoms with Crippen molar-refractivity contribution in [3.8, 4) is 0 Å². The van der Waals surface area contributed by atoms with E-state index in [4.69, 9.17) is 10.5 Å². The lowest BCUT2D eigenvalue weighted by Crippen LogP contribution is -2.31. The minimum absolute atomic E-state index is 0.295. The number of fused-ring (bicyclic) bond motifs is 1. The van der Waals surface area contributed by atoms with Crippen LogP contribution in [0.3, 0.4) is 0 Å². The summed E-state index contributed by atoms with van der Waals surface area (Å²) in [5.41, 5.74) is 5.88. The molecule has 0 radical (unpaired) electrons. The molecule has 3 rings (SSSR count). The molecular weight excluding hydrogens is 252 g/mol. The lowest BCUT2D eigenvalue weighted by Gasteiger charge is -2.26. The maximum Gasteiger partial charge on any atom is 0.223 e. The highest BCUT2D eigenvalue weighted by Crippen LogP contribution is 2.57. The molecule has 0 aromatic rings. The highest BCUT2D eigenvalue weighted by Gasteiger charge is 2.56. The Morgan fingerprint density at radius 2 is 1.80 bits per heavy atom. The van der Waals surface area contributed by atoms with Crippen LogP contribution in [0.2, 0.25) is 0 Å². The van der Waals surface area contributed by atoms with E-state index in [2.05, 4.69) is 5.32 Å². The maximum atomic E-state index is 12.0. The average Bonchev–Trinajstić information content (AvgIpc) is 2.94. The molecule has 0 aromatic heterocycles. The van der Waals surface area contributed by atoms with E-state index < -0.39 is 0 Å². The second-order valence-corrected chi connectivity index (χ2v) is 6.84. The molecule has 0 aliphatic heterocycles. The van der Waals surface area contributed by atoms with Gasteiger partial charge in [0.1, 0.15) is 0 Å². The zero-order valence-corrected chi connectivity index (χ0v) is 12.4. The Hall–Kier alpha value is -0.610. The summed E-state index contributed by atoms with van der Waals surface area (Å²) in [6.07, 6.45) is 9.57. The van der Waals surface area contributed by atoms with Crippen molar-refractivity contribution in [3.05, 3.63) is 0 Å². The Bertz CT molecular complexity index is 329. The lowest BCUT2D eigenvalue weighted by molar-refractivity contribution is -0.123. The van der Waals surface area contributed by atoms with Crippen molar-refractivity contribution in [2.45, 2.75) is 63.5 Å². The SMILES string of the molecule is NC1CCC(OCCCNC(=O)C2C3CCCC32)CC1. The average molecular weight is 280 g/mol. The molecular formula is C16H28N2O2. The fourth-order valence-corrected chi connectivity index (χ4v) is 4.12. The van der Waals surface area contributed by atoms with E-state index in [0.29, 0.717) is 24.0 Å². The number of carbonyl (C=O) groups is 1. The van der Waals surface area contributed by atoms with E-state index in [0.717, 1.165) is 57.1 Å². The third-order valence-corrected chi connectivity index (χ3v) is 5.40. The Morgan fingerprint density at radius 1 is 1.10 bits per heavy atom. The molecule has 0 spiro atoms. The van der Waals surface area contributed by atoms with Crippen LogP contribution in [0.1, 0.15) is 51.4 Å². The van der Waals surface area contributed by atoms with Gasteiger partial charge in [-0.2, -0.15) is 0 Å². The van der Waals surface area contributed by atoms with Crippen LogP contribution in [-0.4, -0.2) is 31.2 Å². The monoisotopic (exact) mass is 280 g/mol. The van der Waals surface area contributed by atoms with Crippen LogP contribution in [0, 0.1) is 17.8 Å². The van der Waals surface area contributed by atoms with Crippen molar-refractivity contribution >= 4 is 5.91 Å². The third kappa shape index (κ3) is 3.34. The summed E-state index contributed by atoms with van der Waals surface area (Å²) >= 11 is 0. The normalized spacial score (nSPS) is 39.4. The van der Waals surface area contributed by atoms with Crippen molar-refractivity contribution in [1.82, 2.24) is 5.32 Å². The predicted octanol–water partition coefficient (Wildman–Crippen LogP) is 1.83. The van der Waals surface area contributed by atoms with Gasteiger partial charge in [0.25, 0.3) is 0 Å². The first-order valence-electron chi connectivity index (χ1n) is 8.40. The van der Waals surface area contributed by atoms with Crippen molar-refractivity contribution in [1.29, 1.82) is 0 Å². The molecule has 3 aliphatic rings. The molecule has 3 saturated carbocycles. The van der Waals surface area contributed by atoms with Gasteiger partial charge in [0.2, 0.25) is 5.91 Å². The molecule has 0 heterocycles. The largest absolute Gasteiger partial charge is 0.378 e. The molecule has 1 amide bonds. The molecule has 20 heavy (non-hydrogen) atoms. The van der Waals surface area contributed by atoms with Crippen molar-refractivity contribution < 1.29 is 9.53 Å². The molecule has 0 bridgehead atoms. The molecule has 2 atom stereocenters. The summed E-state index contributed by atoms with van der Waals surface area (Å²) in [5.74, 6) is 2.09. The van der Waals surface area contributed by atoms with Gasteiger partial charge >= 0.3 is 0 Å². The van der Waals surface area contributed by atoms with Gasteiger partial charge in [-0.25, -0.2) is 0 Å². The Labute approximate surface area is 121 Å². The fourth-order valence-electron chi connectivity index (χ4n) is 4.12. The number of ether oxygens (including phenoxy) is 1. The summed E-state index contributed by atoms with van der Waals surface area (Å²) in [5, 5.41) is 3.08. The molecule has 114 valence electrons.